The van der Waals surface area contributed by atoms with E-state index in [1.807, 2.05) is 52.8 Å². The second kappa shape index (κ2) is 7.95. The quantitative estimate of drug-likeness (QED) is 0.700. The van der Waals surface area contributed by atoms with Gasteiger partial charge in [0.05, 0.1) is 23.8 Å². The van der Waals surface area contributed by atoms with E-state index in [2.05, 4.69) is 5.32 Å². The van der Waals surface area contributed by atoms with Crippen LogP contribution in [-0.2, 0) is 16.1 Å². The van der Waals surface area contributed by atoms with Crippen LogP contribution in [0.15, 0.2) is 48.5 Å². The van der Waals surface area contributed by atoms with E-state index in [0.29, 0.717) is 30.9 Å². The highest BCUT2D eigenvalue weighted by molar-refractivity contribution is 5.93. The molecular formula is C22H24N4O3. The summed E-state index contributed by atoms with van der Waals surface area (Å²) in [5.41, 5.74) is 2.34. The highest BCUT2D eigenvalue weighted by atomic mass is 16.5. The number of ether oxygens (including phenoxy) is 1. The molecule has 0 saturated carbocycles. The minimum atomic E-state index is -0.171. The Kier molecular flexibility index (Phi) is 5.20. The van der Waals surface area contributed by atoms with Gasteiger partial charge in [0.1, 0.15) is 18.1 Å². The van der Waals surface area contributed by atoms with Gasteiger partial charge in [-0.25, -0.2) is 4.98 Å². The largest absolute Gasteiger partial charge is 0.495 e. The van der Waals surface area contributed by atoms with Gasteiger partial charge >= 0.3 is 0 Å². The number of rotatable bonds is 6. The number of imidazole rings is 1. The molecule has 1 aliphatic heterocycles. The molecule has 1 fully saturated rings. The molecule has 3 aromatic rings. The van der Waals surface area contributed by atoms with Crippen LogP contribution in [0.5, 0.6) is 5.75 Å². The predicted molar refractivity (Wildman–Crippen MR) is 111 cm³/mol. The second-order valence-corrected chi connectivity index (χ2v) is 7.13. The number of hydrogen-bond donors (Lipinski definition) is 1. The fourth-order valence-corrected chi connectivity index (χ4v) is 3.90. The van der Waals surface area contributed by atoms with Gasteiger partial charge in [-0.05, 0) is 31.2 Å². The Hall–Kier alpha value is -3.35. The first-order valence-electron chi connectivity index (χ1n) is 9.76. The van der Waals surface area contributed by atoms with E-state index in [9.17, 15) is 9.59 Å². The van der Waals surface area contributed by atoms with Gasteiger partial charge in [-0.2, -0.15) is 0 Å². The Labute approximate surface area is 169 Å². The van der Waals surface area contributed by atoms with Crippen molar-refractivity contribution in [3.8, 4) is 5.75 Å². The summed E-state index contributed by atoms with van der Waals surface area (Å²) in [6.07, 6.45) is 0.422. The zero-order chi connectivity index (χ0) is 20.4. The molecule has 7 nitrogen and oxygen atoms in total. The van der Waals surface area contributed by atoms with Crippen LogP contribution in [0, 0.1) is 0 Å². The summed E-state index contributed by atoms with van der Waals surface area (Å²) in [4.78, 5) is 31.7. The van der Waals surface area contributed by atoms with Crippen molar-refractivity contribution in [3.63, 3.8) is 0 Å². The number of fused-ring (bicyclic) bond motifs is 1. The van der Waals surface area contributed by atoms with Crippen molar-refractivity contribution < 1.29 is 14.3 Å². The lowest BCUT2D eigenvalue weighted by molar-refractivity contribution is -0.127. The molecule has 0 bridgehead atoms. The molecule has 150 valence electrons. The summed E-state index contributed by atoms with van der Waals surface area (Å²) in [6, 6.07) is 15.1. The number of likely N-dealkylation sites (N-methyl/N-ethyl adjacent to an activating group) is 1. The molecule has 0 aliphatic carbocycles. The van der Waals surface area contributed by atoms with E-state index in [1.54, 1.807) is 19.2 Å². The van der Waals surface area contributed by atoms with Crippen LogP contribution in [0.1, 0.15) is 25.1 Å². The number of amides is 2. The molecule has 2 aromatic carbocycles. The van der Waals surface area contributed by atoms with Crippen molar-refractivity contribution in [2.24, 2.45) is 0 Å². The molecule has 1 aromatic heterocycles. The molecule has 1 N–H and O–H groups in total. The molecule has 1 aliphatic rings. The van der Waals surface area contributed by atoms with Crippen molar-refractivity contribution in [1.82, 2.24) is 14.5 Å². The molecule has 2 amide bonds. The molecule has 0 unspecified atom stereocenters. The second-order valence-electron chi connectivity index (χ2n) is 7.13. The third-order valence-corrected chi connectivity index (χ3v) is 5.33. The molecular weight excluding hydrogens is 368 g/mol. The lowest BCUT2D eigenvalue weighted by Crippen LogP contribution is -2.25. The van der Waals surface area contributed by atoms with E-state index >= 15 is 0 Å². The number of para-hydroxylation sites is 4. The van der Waals surface area contributed by atoms with Crippen LogP contribution >= 0.6 is 0 Å². The van der Waals surface area contributed by atoms with Gasteiger partial charge in [0.25, 0.3) is 0 Å². The first-order valence-corrected chi connectivity index (χ1v) is 9.76. The Morgan fingerprint density at radius 2 is 1.97 bits per heavy atom. The van der Waals surface area contributed by atoms with E-state index < -0.39 is 0 Å². The predicted octanol–water partition coefficient (Wildman–Crippen LogP) is 3.02. The number of benzene rings is 2. The average Bonchev–Trinajstić information content (AvgIpc) is 3.28. The number of anilines is 1. The van der Waals surface area contributed by atoms with Crippen molar-refractivity contribution in [2.45, 2.75) is 25.8 Å². The van der Waals surface area contributed by atoms with Crippen LogP contribution in [0.2, 0.25) is 0 Å². The van der Waals surface area contributed by atoms with Gasteiger partial charge in [-0.1, -0.05) is 24.3 Å². The van der Waals surface area contributed by atoms with Gasteiger partial charge < -0.3 is 19.5 Å². The monoisotopic (exact) mass is 392 g/mol. The van der Waals surface area contributed by atoms with Crippen molar-refractivity contribution in [3.05, 3.63) is 54.4 Å². The summed E-state index contributed by atoms with van der Waals surface area (Å²) in [7, 11) is 1.57. The number of carbonyl (C=O) groups excluding carboxylic acids is 2. The molecule has 0 spiro atoms. The number of likely N-dealkylation sites (tertiary alicyclic amines) is 1. The summed E-state index contributed by atoms with van der Waals surface area (Å²) in [5, 5.41) is 2.92. The lowest BCUT2D eigenvalue weighted by atomic mass is 10.1. The zero-order valence-electron chi connectivity index (χ0n) is 16.6. The molecule has 29 heavy (non-hydrogen) atoms. The Balaban J connectivity index is 1.64. The van der Waals surface area contributed by atoms with E-state index in [1.165, 1.54) is 0 Å². The van der Waals surface area contributed by atoms with Crippen molar-refractivity contribution in [2.75, 3.05) is 25.5 Å². The molecule has 0 radical (unpaired) electrons. The summed E-state index contributed by atoms with van der Waals surface area (Å²) in [6.45, 7) is 3.41. The van der Waals surface area contributed by atoms with Gasteiger partial charge in [0.15, 0.2) is 0 Å². The smallest absolute Gasteiger partial charge is 0.244 e. The highest BCUT2D eigenvalue weighted by Crippen LogP contribution is 2.30. The Morgan fingerprint density at radius 1 is 1.21 bits per heavy atom. The third-order valence-electron chi connectivity index (χ3n) is 5.33. The zero-order valence-corrected chi connectivity index (χ0v) is 16.6. The maximum Gasteiger partial charge on any atom is 0.244 e. The maximum absolute atomic E-state index is 12.9. The third kappa shape index (κ3) is 3.68. The van der Waals surface area contributed by atoms with Crippen LogP contribution in [0.25, 0.3) is 11.0 Å². The molecule has 2 heterocycles. The maximum atomic E-state index is 12.9. The number of carbonyl (C=O) groups is 2. The first-order chi connectivity index (χ1) is 14.1. The topological polar surface area (TPSA) is 76.5 Å². The van der Waals surface area contributed by atoms with Crippen molar-refractivity contribution >= 4 is 28.5 Å². The first kappa shape index (κ1) is 19.0. The molecule has 1 atom stereocenters. The van der Waals surface area contributed by atoms with E-state index in [0.717, 1.165) is 16.9 Å². The number of nitrogens with one attached hydrogen (secondary N) is 1. The van der Waals surface area contributed by atoms with Crippen molar-refractivity contribution in [1.29, 1.82) is 0 Å². The Morgan fingerprint density at radius 3 is 2.72 bits per heavy atom. The molecule has 4 rings (SSSR count). The average molecular weight is 392 g/mol. The van der Waals surface area contributed by atoms with Gasteiger partial charge in [0.2, 0.25) is 11.8 Å². The normalized spacial score (nSPS) is 16.4. The standard InChI is InChI=1S/C22H24N4O3/c1-3-25-13-15(12-21(25)28)22-24-16-8-4-6-10-18(16)26(22)14-20(27)23-17-9-5-7-11-19(17)29-2/h4-11,15H,3,12-14H2,1-2H3,(H,23,27)/t15-/m0/s1. The lowest BCUT2D eigenvalue weighted by Gasteiger charge is -2.16. The van der Waals surface area contributed by atoms with Gasteiger partial charge in [-0.15, -0.1) is 0 Å². The minimum Gasteiger partial charge on any atom is -0.495 e. The van der Waals surface area contributed by atoms with Crippen LogP contribution < -0.4 is 10.1 Å². The number of nitrogens with zero attached hydrogens (tertiary/aromatic N) is 3. The summed E-state index contributed by atoms with van der Waals surface area (Å²) < 4.78 is 7.24. The van der Waals surface area contributed by atoms with Crippen LogP contribution in [0.3, 0.4) is 0 Å². The molecule has 7 heteroatoms. The van der Waals surface area contributed by atoms with Gasteiger partial charge in [-0.3, -0.25) is 9.59 Å². The van der Waals surface area contributed by atoms with Crippen LogP contribution in [0.4, 0.5) is 5.69 Å². The number of methoxy groups -OCH3 is 1. The highest BCUT2D eigenvalue weighted by Gasteiger charge is 2.33. The minimum absolute atomic E-state index is 0.0195. The fraction of sp³-hybridized carbons (Fsp3) is 0.318. The SMILES string of the molecule is CCN1C[C@@H](c2nc3ccccc3n2CC(=O)Nc2ccccc2OC)CC1=O. The van der Waals surface area contributed by atoms with Crippen LogP contribution in [-0.4, -0.2) is 46.5 Å². The van der Waals surface area contributed by atoms with E-state index in [4.69, 9.17) is 9.72 Å². The number of hydrogen-bond acceptors (Lipinski definition) is 4. The van der Waals surface area contributed by atoms with E-state index in [-0.39, 0.29) is 24.3 Å². The number of aromatic nitrogens is 2. The Bertz CT molecular complexity index is 1060. The molecule has 1 saturated heterocycles. The summed E-state index contributed by atoms with van der Waals surface area (Å²) in [5.74, 6) is 1.33. The summed E-state index contributed by atoms with van der Waals surface area (Å²) >= 11 is 0. The van der Waals surface area contributed by atoms with Gasteiger partial charge in [0, 0.05) is 25.4 Å². The fourth-order valence-electron chi connectivity index (χ4n) is 3.90.